The lowest BCUT2D eigenvalue weighted by molar-refractivity contribution is -0.128. The minimum atomic E-state index is -0.299. The van der Waals surface area contributed by atoms with Gasteiger partial charge in [0.05, 0.1) is 7.11 Å². The van der Waals surface area contributed by atoms with E-state index in [1.54, 1.807) is 7.11 Å². The predicted octanol–water partition coefficient (Wildman–Crippen LogP) is 3.72. The topological polar surface area (TPSA) is 41.6 Å². The normalized spacial score (nSPS) is 22.1. The molecular formula is C23H27FN2O2. The van der Waals surface area contributed by atoms with E-state index in [0.29, 0.717) is 18.7 Å². The Bertz CT molecular complexity index is 832. The molecule has 2 saturated heterocycles. The lowest BCUT2D eigenvalue weighted by Gasteiger charge is -2.49. The average Bonchev–Trinajstić information content (AvgIpc) is 2.71. The number of hydrogen-bond acceptors (Lipinski definition) is 3. The highest BCUT2D eigenvalue weighted by molar-refractivity contribution is 5.78. The maximum Gasteiger partial charge on any atom is 0.220 e. The van der Waals surface area contributed by atoms with Gasteiger partial charge in [0.1, 0.15) is 11.6 Å². The molecule has 28 heavy (non-hydrogen) atoms. The van der Waals surface area contributed by atoms with E-state index in [0.717, 1.165) is 38.0 Å². The Labute approximate surface area is 165 Å². The van der Waals surface area contributed by atoms with E-state index in [1.165, 1.54) is 17.7 Å². The third kappa shape index (κ3) is 3.76. The van der Waals surface area contributed by atoms with Crippen molar-refractivity contribution in [3.05, 3.63) is 65.5 Å². The molecule has 148 valence electrons. The van der Waals surface area contributed by atoms with Crippen molar-refractivity contribution in [1.29, 1.82) is 0 Å². The van der Waals surface area contributed by atoms with Crippen molar-refractivity contribution in [2.24, 2.45) is 5.41 Å². The molecule has 5 heteroatoms. The van der Waals surface area contributed by atoms with Gasteiger partial charge in [0, 0.05) is 31.5 Å². The molecular weight excluding hydrogens is 355 g/mol. The summed E-state index contributed by atoms with van der Waals surface area (Å²) in [5.41, 5.74) is 2.22. The van der Waals surface area contributed by atoms with Crippen LogP contribution in [0.25, 0.3) is 0 Å². The van der Waals surface area contributed by atoms with Crippen molar-refractivity contribution in [3.8, 4) is 5.75 Å². The molecule has 1 amide bonds. The highest BCUT2D eigenvalue weighted by Crippen LogP contribution is 2.50. The zero-order chi connectivity index (χ0) is 19.6. The van der Waals surface area contributed by atoms with Crippen LogP contribution < -0.4 is 10.1 Å². The Kier molecular flexibility index (Phi) is 5.36. The van der Waals surface area contributed by atoms with Gasteiger partial charge in [-0.05, 0) is 48.5 Å². The van der Waals surface area contributed by atoms with Gasteiger partial charge in [-0.3, -0.25) is 9.69 Å². The van der Waals surface area contributed by atoms with Gasteiger partial charge >= 0.3 is 0 Å². The second kappa shape index (κ2) is 7.92. The zero-order valence-electron chi connectivity index (χ0n) is 16.3. The monoisotopic (exact) mass is 382 g/mol. The molecule has 2 aliphatic heterocycles. The molecule has 2 aromatic carbocycles. The van der Waals surface area contributed by atoms with Gasteiger partial charge in [-0.1, -0.05) is 36.4 Å². The average molecular weight is 382 g/mol. The first-order valence-electron chi connectivity index (χ1n) is 9.96. The maximum absolute atomic E-state index is 13.7. The summed E-state index contributed by atoms with van der Waals surface area (Å²) in [4.78, 5) is 14.7. The van der Waals surface area contributed by atoms with E-state index < -0.39 is 0 Å². The van der Waals surface area contributed by atoms with Gasteiger partial charge < -0.3 is 10.1 Å². The van der Waals surface area contributed by atoms with Gasteiger partial charge in [0.2, 0.25) is 5.91 Å². The van der Waals surface area contributed by atoms with Crippen LogP contribution in [0.1, 0.15) is 36.3 Å². The third-order valence-electron chi connectivity index (χ3n) is 6.43. The highest BCUT2D eigenvalue weighted by Gasteiger charge is 2.47. The van der Waals surface area contributed by atoms with Gasteiger partial charge in [0.15, 0.2) is 0 Å². The second-order valence-corrected chi connectivity index (χ2v) is 8.04. The van der Waals surface area contributed by atoms with Crippen LogP contribution in [0.15, 0.2) is 48.5 Å². The number of carbonyl (C=O) groups excluding carboxylic acids is 1. The second-order valence-electron chi connectivity index (χ2n) is 8.04. The Morgan fingerprint density at radius 3 is 2.64 bits per heavy atom. The van der Waals surface area contributed by atoms with Crippen LogP contribution in [0.5, 0.6) is 5.75 Å². The number of methoxy groups -OCH3 is 1. The fourth-order valence-electron chi connectivity index (χ4n) is 4.87. The molecule has 0 saturated carbocycles. The van der Waals surface area contributed by atoms with Crippen LogP contribution in [0.4, 0.5) is 4.39 Å². The Morgan fingerprint density at radius 1 is 1.18 bits per heavy atom. The number of nitrogens with zero attached hydrogens (tertiary/aromatic N) is 1. The summed E-state index contributed by atoms with van der Waals surface area (Å²) < 4.78 is 19.2. The van der Waals surface area contributed by atoms with Crippen LogP contribution in [0.3, 0.4) is 0 Å². The standard InChI is InChI=1S/C23H27FN2O2/c1-28-21-13-18(24)7-8-19(21)20-15-25-22(27)14-23(20)9-11-26(12-10-23)16-17-5-3-2-4-6-17/h2-8,13,20H,9-12,14-16H2,1H3,(H,25,27)/t20-/m1/s1. The Hall–Kier alpha value is -2.40. The highest BCUT2D eigenvalue weighted by atomic mass is 19.1. The van der Waals surface area contributed by atoms with Crippen LogP contribution in [0.2, 0.25) is 0 Å². The quantitative estimate of drug-likeness (QED) is 0.876. The molecule has 0 aromatic heterocycles. The number of carbonyl (C=O) groups is 1. The van der Waals surface area contributed by atoms with Crippen molar-refractivity contribution < 1.29 is 13.9 Å². The minimum absolute atomic E-state index is 0.0966. The largest absolute Gasteiger partial charge is 0.496 e. The summed E-state index contributed by atoms with van der Waals surface area (Å²) in [5.74, 6) is 0.535. The summed E-state index contributed by atoms with van der Waals surface area (Å²) in [6, 6.07) is 15.3. The van der Waals surface area contributed by atoms with E-state index >= 15 is 0 Å². The Morgan fingerprint density at radius 2 is 1.93 bits per heavy atom. The van der Waals surface area contributed by atoms with Crippen molar-refractivity contribution in [2.45, 2.75) is 31.7 Å². The lowest BCUT2D eigenvalue weighted by Crippen LogP contribution is -2.52. The molecule has 0 bridgehead atoms. The lowest BCUT2D eigenvalue weighted by atomic mass is 9.62. The van der Waals surface area contributed by atoms with Crippen LogP contribution in [-0.4, -0.2) is 37.6 Å². The van der Waals surface area contributed by atoms with Crippen molar-refractivity contribution in [3.63, 3.8) is 0 Å². The Balaban J connectivity index is 1.55. The summed E-state index contributed by atoms with van der Waals surface area (Å²) in [5, 5.41) is 3.02. The number of halogens is 1. The molecule has 4 rings (SSSR count). The summed E-state index contributed by atoms with van der Waals surface area (Å²) in [6.45, 7) is 3.44. The van der Waals surface area contributed by atoms with Crippen LogP contribution in [0, 0.1) is 11.2 Å². The fraction of sp³-hybridized carbons (Fsp3) is 0.435. The van der Waals surface area contributed by atoms with Crippen molar-refractivity contribution in [2.75, 3.05) is 26.7 Å². The maximum atomic E-state index is 13.7. The van der Waals surface area contributed by atoms with Crippen LogP contribution in [-0.2, 0) is 11.3 Å². The predicted molar refractivity (Wildman–Crippen MR) is 107 cm³/mol. The number of benzene rings is 2. The van der Waals surface area contributed by atoms with Gasteiger partial charge in [0.25, 0.3) is 0 Å². The summed E-state index contributed by atoms with van der Waals surface area (Å²) >= 11 is 0. The zero-order valence-corrected chi connectivity index (χ0v) is 16.3. The number of nitrogens with one attached hydrogen (secondary N) is 1. The number of hydrogen-bond donors (Lipinski definition) is 1. The molecule has 0 unspecified atom stereocenters. The molecule has 1 atom stereocenters. The van der Waals surface area contributed by atoms with Gasteiger partial charge in [-0.2, -0.15) is 0 Å². The first-order chi connectivity index (χ1) is 13.6. The molecule has 1 N–H and O–H groups in total. The molecule has 2 heterocycles. The molecule has 2 aliphatic rings. The van der Waals surface area contributed by atoms with Gasteiger partial charge in [-0.15, -0.1) is 0 Å². The molecule has 0 radical (unpaired) electrons. The van der Waals surface area contributed by atoms with E-state index in [9.17, 15) is 9.18 Å². The van der Waals surface area contributed by atoms with E-state index in [-0.39, 0.29) is 23.1 Å². The van der Waals surface area contributed by atoms with Gasteiger partial charge in [-0.25, -0.2) is 4.39 Å². The molecule has 4 nitrogen and oxygen atoms in total. The first-order valence-corrected chi connectivity index (χ1v) is 9.96. The van der Waals surface area contributed by atoms with Crippen molar-refractivity contribution >= 4 is 5.91 Å². The van der Waals surface area contributed by atoms with E-state index in [1.807, 2.05) is 12.1 Å². The summed E-state index contributed by atoms with van der Waals surface area (Å²) in [6.07, 6.45) is 2.44. The number of amides is 1. The van der Waals surface area contributed by atoms with E-state index in [4.69, 9.17) is 4.74 Å². The molecule has 2 aromatic rings. The third-order valence-corrected chi connectivity index (χ3v) is 6.43. The fourth-order valence-corrected chi connectivity index (χ4v) is 4.87. The minimum Gasteiger partial charge on any atom is -0.496 e. The van der Waals surface area contributed by atoms with Crippen molar-refractivity contribution in [1.82, 2.24) is 10.2 Å². The molecule has 0 aliphatic carbocycles. The number of ether oxygens (including phenoxy) is 1. The number of likely N-dealkylation sites (tertiary alicyclic amines) is 1. The number of rotatable bonds is 4. The molecule has 2 fully saturated rings. The molecule has 1 spiro atoms. The SMILES string of the molecule is COc1cc(F)ccc1[C@H]1CNC(=O)CC12CCN(Cc1ccccc1)CC2. The van der Waals surface area contributed by atoms with E-state index in [2.05, 4.69) is 34.5 Å². The smallest absolute Gasteiger partial charge is 0.220 e. The first kappa shape index (κ1) is 18.9. The number of piperidine rings is 2. The van der Waals surface area contributed by atoms with Crippen LogP contribution >= 0.6 is 0 Å². The summed E-state index contributed by atoms with van der Waals surface area (Å²) in [7, 11) is 1.58.